The molecule has 47 heavy (non-hydrogen) atoms. The second kappa shape index (κ2) is 15.3. The Kier molecular flexibility index (Phi) is 10.1. The molecule has 0 radical (unpaired) electrons. The maximum absolute atomic E-state index is 12.1. The SMILES string of the molecule is O=C(O)c1cc(OCc2ccccc2)c2cc(C#CCCc3cccc(OCc4ccccc4)c3)cc(OCc3ccccc3)c2n1. The molecule has 5 aromatic carbocycles. The summed E-state index contributed by atoms with van der Waals surface area (Å²) >= 11 is 0. The van der Waals surface area contributed by atoms with Gasteiger partial charge in [-0.25, -0.2) is 9.78 Å². The van der Waals surface area contributed by atoms with Crippen molar-refractivity contribution in [3.05, 3.63) is 167 Å². The lowest BCUT2D eigenvalue weighted by Gasteiger charge is -2.14. The molecule has 0 atom stereocenters. The number of rotatable bonds is 12. The van der Waals surface area contributed by atoms with Crippen molar-refractivity contribution < 1.29 is 24.1 Å². The lowest BCUT2D eigenvalue weighted by atomic mass is 10.1. The summed E-state index contributed by atoms with van der Waals surface area (Å²) in [6.07, 6.45) is 1.39. The van der Waals surface area contributed by atoms with Crippen molar-refractivity contribution in [3.63, 3.8) is 0 Å². The van der Waals surface area contributed by atoms with Crippen LogP contribution >= 0.6 is 0 Å². The van der Waals surface area contributed by atoms with Crippen LogP contribution in [0, 0.1) is 11.8 Å². The smallest absolute Gasteiger partial charge is 0.354 e. The molecule has 6 heteroatoms. The Labute approximate surface area is 274 Å². The average Bonchev–Trinajstić information content (AvgIpc) is 3.12. The first kappa shape index (κ1) is 30.9. The third kappa shape index (κ3) is 8.56. The molecule has 1 N–H and O–H groups in total. The number of pyridine rings is 1. The van der Waals surface area contributed by atoms with Gasteiger partial charge in [0.15, 0.2) is 5.69 Å². The molecule has 0 unspecified atom stereocenters. The fourth-order valence-electron chi connectivity index (χ4n) is 5.05. The van der Waals surface area contributed by atoms with Gasteiger partial charge in [0, 0.05) is 23.4 Å². The first-order valence-electron chi connectivity index (χ1n) is 15.4. The van der Waals surface area contributed by atoms with Crippen molar-refractivity contribution in [1.82, 2.24) is 4.98 Å². The van der Waals surface area contributed by atoms with Crippen molar-refractivity contribution in [2.75, 3.05) is 0 Å². The van der Waals surface area contributed by atoms with E-state index in [-0.39, 0.29) is 18.9 Å². The van der Waals surface area contributed by atoms with Gasteiger partial charge < -0.3 is 19.3 Å². The number of fused-ring (bicyclic) bond motifs is 1. The molecule has 0 bridgehead atoms. The minimum absolute atomic E-state index is 0.126. The molecule has 0 aliphatic heterocycles. The minimum Gasteiger partial charge on any atom is -0.489 e. The fourth-order valence-corrected chi connectivity index (χ4v) is 5.05. The quantitative estimate of drug-likeness (QED) is 0.138. The van der Waals surface area contributed by atoms with Gasteiger partial charge in [-0.15, -0.1) is 0 Å². The Morgan fingerprint density at radius 2 is 1.19 bits per heavy atom. The highest BCUT2D eigenvalue weighted by molar-refractivity contribution is 5.96. The predicted molar refractivity (Wildman–Crippen MR) is 183 cm³/mol. The van der Waals surface area contributed by atoms with Gasteiger partial charge in [-0.05, 0) is 52.9 Å². The molecule has 0 spiro atoms. The summed E-state index contributed by atoms with van der Waals surface area (Å²) in [4.78, 5) is 16.5. The molecule has 6 rings (SSSR count). The van der Waals surface area contributed by atoms with E-state index in [0.29, 0.717) is 35.4 Å². The van der Waals surface area contributed by atoms with Gasteiger partial charge in [-0.1, -0.05) is 115 Å². The number of aromatic carboxylic acids is 1. The highest BCUT2D eigenvalue weighted by Gasteiger charge is 2.17. The number of carbonyl (C=O) groups is 1. The maximum Gasteiger partial charge on any atom is 0.354 e. The number of ether oxygens (including phenoxy) is 3. The summed E-state index contributed by atoms with van der Waals surface area (Å²) < 4.78 is 18.4. The van der Waals surface area contributed by atoms with Crippen LogP contribution in [0.3, 0.4) is 0 Å². The molecule has 6 aromatic rings. The van der Waals surface area contributed by atoms with Crippen LogP contribution in [0.25, 0.3) is 10.9 Å². The molecule has 1 heterocycles. The minimum atomic E-state index is -1.15. The molecule has 0 amide bonds. The Balaban J connectivity index is 1.25. The zero-order valence-electron chi connectivity index (χ0n) is 25.8. The van der Waals surface area contributed by atoms with E-state index in [0.717, 1.165) is 40.0 Å². The summed E-state index contributed by atoms with van der Waals surface area (Å²) in [7, 11) is 0. The number of benzene rings is 5. The number of aromatic nitrogens is 1. The fraction of sp³-hybridized carbons (Fsp3) is 0.122. The summed E-state index contributed by atoms with van der Waals surface area (Å²) in [5, 5.41) is 10.5. The van der Waals surface area contributed by atoms with E-state index in [2.05, 4.69) is 29.0 Å². The van der Waals surface area contributed by atoms with Crippen molar-refractivity contribution in [1.29, 1.82) is 0 Å². The normalized spacial score (nSPS) is 10.6. The Bertz CT molecular complexity index is 2020. The van der Waals surface area contributed by atoms with Gasteiger partial charge >= 0.3 is 5.97 Å². The molecule has 1 aromatic heterocycles. The van der Waals surface area contributed by atoms with Crippen LogP contribution in [0.1, 0.15) is 44.7 Å². The number of hydrogen-bond donors (Lipinski definition) is 1. The molecule has 0 aliphatic carbocycles. The van der Waals surface area contributed by atoms with Gasteiger partial charge in [-0.2, -0.15) is 0 Å². The maximum atomic E-state index is 12.1. The Hall–Kier alpha value is -6.06. The van der Waals surface area contributed by atoms with E-state index in [1.807, 2.05) is 115 Å². The molecular formula is C41H33NO5. The molecular weight excluding hydrogens is 586 g/mol. The highest BCUT2D eigenvalue weighted by atomic mass is 16.5. The lowest BCUT2D eigenvalue weighted by Crippen LogP contribution is -2.05. The zero-order valence-corrected chi connectivity index (χ0v) is 25.8. The second-order valence-corrected chi connectivity index (χ2v) is 11.0. The topological polar surface area (TPSA) is 77.9 Å². The van der Waals surface area contributed by atoms with Gasteiger partial charge in [0.1, 0.15) is 42.6 Å². The van der Waals surface area contributed by atoms with Crippen LogP contribution in [-0.2, 0) is 26.2 Å². The Morgan fingerprint density at radius 1 is 0.617 bits per heavy atom. The van der Waals surface area contributed by atoms with Crippen LogP contribution in [0.15, 0.2) is 133 Å². The van der Waals surface area contributed by atoms with Crippen LogP contribution in [-0.4, -0.2) is 16.1 Å². The molecule has 6 nitrogen and oxygen atoms in total. The molecule has 0 saturated heterocycles. The molecule has 0 aliphatic rings. The standard InChI is InChI=1S/C41H33NO5/c43-41(44)37-26-38(46-28-32-16-6-2-7-17-32)36-24-34(25-39(40(36)42-37)47-29-33-18-8-3-9-19-33)20-11-10-13-30-21-12-22-35(23-30)45-27-31-14-4-1-5-15-31/h1-9,12,14-19,21-26H,10,13,27-29H2,(H,43,44). The van der Waals surface area contributed by atoms with Crippen molar-refractivity contribution >= 4 is 16.9 Å². The summed E-state index contributed by atoms with van der Waals surface area (Å²) in [5.41, 5.74) is 5.18. The van der Waals surface area contributed by atoms with Crippen molar-refractivity contribution in [2.24, 2.45) is 0 Å². The largest absolute Gasteiger partial charge is 0.489 e. The number of carboxylic acid groups (broad SMARTS) is 1. The Morgan fingerprint density at radius 3 is 1.81 bits per heavy atom. The van der Waals surface area contributed by atoms with E-state index in [9.17, 15) is 9.90 Å². The van der Waals surface area contributed by atoms with Gasteiger partial charge in [-0.3, -0.25) is 0 Å². The van der Waals surface area contributed by atoms with Crippen LogP contribution < -0.4 is 14.2 Å². The molecule has 232 valence electrons. The number of carboxylic acids is 1. The number of aryl methyl sites for hydroxylation is 1. The van der Waals surface area contributed by atoms with Crippen LogP contribution in [0.4, 0.5) is 0 Å². The van der Waals surface area contributed by atoms with E-state index in [1.54, 1.807) is 0 Å². The summed E-state index contributed by atoms with van der Waals surface area (Å²) in [5.74, 6) is 7.09. The zero-order chi connectivity index (χ0) is 32.3. The summed E-state index contributed by atoms with van der Waals surface area (Å²) in [6, 6.07) is 42.8. The second-order valence-electron chi connectivity index (χ2n) is 11.0. The van der Waals surface area contributed by atoms with Crippen molar-refractivity contribution in [2.45, 2.75) is 32.7 Å². The monoisotopic (exact) mass is 619 g/mol. The average molecular weight is 620 g/mol. The number of hydrogen-bond acceptors (Lipinski definition) is 5. The summed E-state index contributed by atoms with van der Waals surface area (Å²) in [6.45, 7) is 1.07. The van der Waals surface area contributed by atoms with Gasteiger partial charge in [0.2, 0.25) is 0 Å². The van der Waals surface area contributed by atoms with Crippen molar-refractivity contribution in [3.8, 4) is 29.1 Å². The molecule has 0 fully saturated rings. The van der Waals surface area contributed by atoms with Gasteiger partial charge in [0.25, 0.3) is 0 Å². The third-order valence-corrected chi connectivity index (χ3v) is 7.45. The van der Waals surface area contributed by atoms with Gasteiger partial charge in [0.05, 0.1) is 0 Å². The third-order valence-electron chi connectivity index (χ3n) is 7.45. The van der Waals surface area contributed by atoms with Crippen LogP contribution in [0.5, 0.6) is 17.2 Å². The number of nitrogens with zero attached hydrogens (tertiary/aromatic N) is 1. The van der Waals surface area contributed by atoms with E-state index in [4.69, 9.17) is 14.2 Å². The van der Waals surface area contributed by atoms with E-state index >= 15 is 0 Å². The molecule has 0 saturated carbocycles. The highest BCUT2D eigenvalue weighted by Crippen LogP contribution is 2.34. The first-order valence-corrected chi connectivity index (χ1v) is 15.4. The lowest BCUT2D eigenvalue weighted by molar-refractivity contribution is 0.0690. The predicted octanol–water partition coefficient (Wildman–Crippen LogP) is 8.65. The van der Waals surface area contributed by atoms with E-state index in [1.165, 1.54) is 6.07 Å². The first-order chi connectivity index (χ1) is 23.1. The van der Waals surface area contributed by atoms with E-state index < -0.39 is 5.97 Å². The van der Waals surface area contributed by atoms with Crippen LogP contribution in [0.2, 0.25) is 0 Å².